The highest BCUT2D eigenvalue weighted by Gasteiger charge is 2.56. The van der Waals surface area contributed by atoms with E-state index in [1.165, 1.54) is 62.1 Å². The van der Waals surface area contributed by atoms with Crippen LogP contribution in [0.3, 0.4) is 0 Å². The molecule has 0 saturated heterocycles. The molecule has 0 aliphatic heterocycles. The first-order valence-electron chi connectivity index (χ1n) is 13.7. The number of H-pyrrole nitrogens is 1. The van der Waals surface area contributed by atoms with Gasteiger partial charge in [-0.15, -0.1) is 0 Å². The van der Waals surface area contributed by atoms with Crippen LogP contribution in [0.25, 0.3) is 10.9 Å². The summed E-state index contributed by atoms with van der Waals surface area (Å²) in [5, 5.41) is 5.77. The lowest BCUT2D eigenvalue weighted by atomic mass is 10.0. The van der Waals surface area contributed by atoms with Gasteiger partial charge in [-0.05, 0) is 61.4 Å². The molecule has 2 heterocycles. The second-order valence-electron chi connectivity index (χ2n) is 10.3. The number of carbonyl (C=O) groups is 2. The number of carbonyl (C=O) groups excluding carboxylic acids is 2. The number of anilines is 2. The van der Waals surface area contributed by atoms with E-state index in [0.29, 0.717) is 52.2 Å². The molecular weight excluding hydrogens is 588 g/mol. The van der Waals surface area contributed by atoms with Crippen molar-refractivity contribution in [2.45, 2.75) is 19.4 Å². The third-order valence-corrected chi connectivity index (χ3v) is 7.24. The minimum Gasteiger partial charge on any atom is -0.493 e. The fourth-order valence-electron chi connectivity index (χ4n) is 4.60. The first kappa shape index (κ1) is 29.2. The van der Waals surface area contributed by atoms with Gasteiger partial charge in [0.1, 0.15) is 23.6 Å². The summed E-state index contributed by atoms with van der Waals surface area (Å²) in [7, 11) is 1.47. The van der Waals surface area contributed by atoms with Crippen LogP contribution in [0.1, 0.15) is 18.4 Å². The van der Waals surface area contributed by atoms with E-state index < -0.39 is 34.6 Å². The van der Waals surface area contributed by atoms with Gasteiger partial charge in [-0.1, -0.05) is 0 Å². The zero-order chi connectivity index (χ0) is 31.6. The van der Waals surface area contributed by atoms with Crippen molar-refractivity contribution in [1.29, 1.82) is 0 Å². The second-order valence-corrected chi connectivity index (χ2v) is 10.3. The monoisotopic (exact) mass is 613 g/mol. The Morgan fingerprint density at radius 3 is 2.29 bits per heavy atom. The minimum atomic E-state index is -1.30. The van der Waals surface area contributed by atoms with E-state index in [0.717, 1.165) is 6.07 Å². The van der Waals surface area contributed by atoms with Crippen LogP contribution in [-0.2, 0) is 16.2 Å². The molecule has 0 spiro atoms. The molecule has 1 fully saturated rings. The van der Waals surface area contributed by atoms with E-state index in [1.54, 1.807) is 18.2 Å². The lowest BCUT2D eigenvalue weighted by Gasteiger charge is -2.16. The molecule has 45 heavy (non-hydrogen) atoms. The molecule has 2 aromatic heterocycles. The van der Waals surface area contributed by atoms with Crippen molar-refractivity contribution in [1.82, 2.24) is 15.0 Å². The Kier molecular flexibility index (Phi) is 7.82. The Balaban J connectivity index is 1.15. The molecule has 2 amide bonds. The summed E-state index contributed by atoms with van der Waals surface area (Å²) in [6, 6.07) is 14.0. The quantitative estimate of drug-likeness (QED) is 0.179. The van der Waals surface area contributed by atoms with Crippen LogP contribution >= 0.6 is 0 Å². The number of hydrogen-bond donors (Lipinski definition) is 3. The molecule has 0 radical (unpaired) electrons. The largest absolute Gasteiger partial charge is 0.493 e. The van der Waals surface area contributed by atoms with Crippen LogP contribution in [0.15, 0.2) is 84.0 Å². The topological polar surface area (TPSA) is 145 Å². The Labute approximate surface area is 254 Å². The Morgan fingerprint density at radius 2 is 1.62 bits per heavy atom. The van der Waals surface area contributed by atoms with Gasteiger partial charge in [-0.3, -0.25) is 14.6 Å². The van der Waals surface area contributed by atoms with E-state index in [9.17, 15) is 18.8 Å². The van der Waals surface area contributed by atoms with Gasteiger partial charge < -0.3 is 29.8 Å². The second kappa shape index (κ2) is 12.0. The molecule has 6 rings (SSSR count). The van der Waals surface area contributed by atoms with Crippen LogP contribution in [0, 0.1) is 17.0 Å². The molecule has 13 heteroatoms. The highest BCUT2D eigenvalue weighted by molar-refractivity contribution is 6.16. The van der Waals surface area contributed by atoms with Gasteiger partial charge in [0.2, 0.25) is 11.8 Å². The molecule has 0 unspecified atom stereocenters. The van der Waals surface area contributed by atoms with Gasteiger partial charge >= 0.3 is 5.69 Å². The summed E-state index contributed by atoms with van der Waals surface area (Å²) in [5.74, 6) is -1.36. The maximum absolute atomic E-state index is 15.2. The molecule has 5 aromatic rings. The van der Waals surface area contributed by atoms with Crippen LogP contribution in [-0.4, -0.2) is 33.9 Å². The van der Waals surface area contributed by atoms with Crippen molar-refractivity contribution in [3.8, 4) is 23.0 Å². The summed E-state index contributed by atoms with van der Waals surface area (Å²) in [4.78, 5) is 47.6. The first-order valence-corrected chi connectivity index (χ1v) is 13.7. The van der Waals surface area contributed by atoms with Gasteiger partial charge in [0.15, 0.2) is 23.1 Å². The standard InChI is InChI=1S/C32H25F2N5O6/c1-43-27-13-22-24(14-28(27)44-17-18-15-36-31(42)37-16-18)35-11-8-25(22)45-26-7-6-21(12-23(26)34)39-30(41)32(9-10-32)29(40)38-20-4-2-19(33)3-5-20/h2-8,11-16H,9-10,17H2,1H3,(H,38,40)(H,39,41)(H,36,37,42). The number of hydrogen-bond acceptors (Lipinski definition) is 8. The highest BCUT2D eigenvalue weighted by Crippen LogP contribution is 2.47. The predicted octanol–water partition coefficient (Wildman–Crippen LogP) is 5.33. The fraction of sp³-hybridized carbons (Fsp3) is 0.156. The number of fused-ring (bicyclic) bond motifs is 1. The van der Waals surface area contributed by atoms with Crippen LogP contribution < -0.4 is 30.5 Å². The average Bonchev–Trinajstić information content (AvgIpc) is 3.85. The summed E-state index contributed by atoms with van der Waals surface area (Å²) >= 11 is 0. The number of aromatic amines is 1. The zero-order valence-electron chi connectivity index (χ0n) is 23.7. The Morgan fingerprint density at radius 1 is 0.889 bits per heavy atom. The number of nitrogens with zero attached hydrogens (tertiary/aromatic N) is 2. The number of amides is 2. The molecule has 0 bridgehead atoms. The smallest absolute Gasteiger partial charge is 0.344 e. The van der Waals surface area contributed by atoms with Gasteiger partial charge in [0.05, 0.1) is 12.6 Å². The van der Waals surface area contributed by atoms with Crippen LogP contribution in [0.5, 0.6) is 23.0 Å². The number of ether oxygens (including phenoxy) is 3. The summed E-state index contributed by atoms with van der Waals surface area (Å²) in [6.07, 6.45) is 5.04. The van der Waals surface area contributed by atoms with E-state index >= 15 is 4.39 Å². The van der Waals surface area contributed by atoms with Crippen molar-refractivity contribution in [2.24, 2.45) is 5.41 Å². The van der Waals surface area contributed by atoms with Crippen molar-refractivity contribution >= 4 is 34.1 Å². The van der Waals surface area contributed by atoms with Gasteiger partial charge in [-0.25, -0.2) is 18.6 Å². The normalized spacial score (nSPS) is 13.1. The van der Waals surface area contributed by atoms with Crippen molar-refractivity contribution in [3.05, 3.63) is 107 Å². The molecule has 1 aliphatic carbocycles. The number of benzene rings is 3. The number of pyridine rings is 1. The lowest BCUT2D eigenvalue weighted by Crippen LogP contribution is -2.35. The van der Waals surface area contributed by atoms with Crippen molar-refractivity contribution in [2.75, 3.05) is 17.7 Å². The number of rotatable bonds is 10. The van der Waals surface area contributed by atoms with E-state index in [1.807, 2.05) is 0 Å². The minimum absolute atomic E-state index is 0.107. The molecule has 1 saturated carbocycles. The van der Waals surface area contributed by atoms with Crippen molar-refractivity contribution < 1.29 is 32.6 Å². The fourth-order valence-corrected chi connectivity index (χ4v) is 4.60. The van der Waals surface area contributed by atoms with Gasteiger partial charge in [0, 0.05) is 53.0 Å². The molecule has 3 N–H and O–H groups in total. The summed E-state index contributed by atoms with van der Waals surface area (Å²) < 4.78 is 45.6. The van der Waals surface area contributed by atoms with Gasteiger partial charge in [0.25, 0.3) is 0 Å². The number of halogens is 2. The maximum Gasteiger partial charge on any atom is 0.344 e. The van der Waals surface area contributed by atoms with E-state index in [4.69, 9.17) is 14.2 Å². The van der Waals surface area contributed by atoms with Crippen molar-refractivity contribution in [3.63, 3.8) is 0 Å². The van der Waals surface area contributed by atoms with Gasteiger partial charge in [-0.2, -0.15) is 0 Å². The lowest BCUT2D eigenvalue weighted by molar-refractivity contribution is -0.131. The third kappa shape index (κ3) is 6.27. The van der Waals surface area contributed by atoms with E-state index in [-0.39, 0.29) is 18.0 Å². The average molecular weight is 614 g/mol. The SMILES string of the molecule is COc1cc2c(Oc3ccc(NC(=O)C4(C(=O)Nc5ccc(F)cc5)CC4)cc3F)ccnc2cc1OCc1cnc(=O)[nH]c1. The maximum atomic E-state index is 15.2. The Bertz CT molecular complexity index is 1960. The molecule has 3 aromatic carbocycles. The van der Waals surface area contributed by atoms with Crippen LogP contribution in [0.4, 0.5) is 20.2 Å². The first-order chi connectivity index (χ1) is 21.7. The third-order valence-electron chi connectivity index (χ3n) is 7.24. The molecule has 228 valence electrons. The molecule has 1 aliphatic rings. The highest BCUT2D eigenvalue weighted by atomic mass is 19.1. The Hall–Kier alpha value is -5.85. The van der Waals surface area contributed by atoms with Crippen LogP contribution in [0.2, 0.25) is 0 Å². The summed E-state index contributed by atoms with van der Waals surface area (Å²) in [6.45, 7) is 0.107. The van der Waals surface area contributed by atoms with E-state index in [2.05, 4.69) is 25.6 Å². The summed E-state index contributed by atoms with van der Waals surface area (Å²) in [5.41, 5.74) is -0.134. The number of nitrogens with one attached hydrogen (secondary N) is 3. The zero-order valence-corrected chi connectivity index (χ0v) is 23.7. The number of methoxy groups -OCH3 is 1. The molecular formula is C32H25F2N5O6. The number of aromatic nitrogens is 3. The predicted molar refractivity (Wildman–Crippen MR) is 159 cm³/mol. The molecule has 0 atom stereocenters. The molecule has 11 nitrogen and oxygen atoms in total.